The zero-order chi connectivity index (χ0) is 8.62. The van der Waals surface area contributed by atoms with E-state index >= 15 is 0 Å². The average Bonchev–Trinajstić information content (AvgIpc) is 1.63. The van der Waals surface area contributed by atoms with Crippen LogP contribution in [-0.2, 0) is 4.43 Å². The Morgan fingerprint density at radius 1 is 1.17 bits per heavy atom. The Hall–Kier alpha value is -0.0631. The zero-order valence-electron chi connectivity index (χ0n) is 7.32. The van der Waals surface area contributed by atoms with Crippen molar-refractivity contribution in [2.45, 2.75) is 13.8 Å². The maximum atomic E-state index is 8.05. The summed E-state index contributed by atoms with van der Waals surface area (Å²) in [6, 6.07) is 0. The van der Waals surface area contributed by atoms with Crippen LogP contribution in [0.3, 0.4) is 0 Å². The Labute approximate surface area is 72.6 Å². The van der Waals surface area contributed by atoms with Crippen LogP contribution in [-0.4, -0.2) is 47.2 Å². The molecule has 9 N–H and O–H groups in total. The van der Waals surface area contributed by atoms with Gasteiger partial charge in [0.15, 0.2) is 0 Å². The molecule has 0 rings (SSSR count). The minimum absolute atomic E-state index is 0. The molecular formula is C4H19NO6Si. The molecule has 0 saturated carbocycles. The molecule has 0 heterocycles. The van der Waals surface area contributed by atoms with Crippen molar-refractivity contribution in [3.05, 3.63) is 0 Å². The summed E-state index contributed by atoms with van der Waals surface area (Å²) in [6.07, 6.45) is 0. The highest BCUT2D eigenvalue weighted by Gasteiger charge is 2.28. The summed E-state index contributed by atoms with van der Waals surface area (Å²) in [5.74, 6) is 0. The second-order valence-electron chi connectivity index (χ2n) is 1.32. The Morgan fingerprint density at radius 2 is 1.42 bits per heavy atom. The van der Waals surface area contributed by atoms with Gasteiger partial charge in [-0.25, -0.2) is 0 Å². The van der Waals surface area contributed by atoms with Crippen LogP contribution in [0.4, 0.5) is 0 Å². The Balaban J connectivity index is -0.0000000569. The summed E-state index contributed by atoms with van der Waals surface area (Å²) in [4.78, 5) is 24.1. The van der Waals surface area contributed by atoms with Gasteiger partial charge in [0.1, 0.15) is 0 Å². The summed E-state index contributed by atoms with van der Waals surface area (Å²) >= 11 is 0. The number of aliphatic hydroxyl groups is 1. The fraction of sp³-hybridized carbons (Fsp3) is 1.00. The van der Waals surface area contributed by atoms with Gasteiger partial charge in [-0.3, -0.25) is 0 Å². The molecule has 8 heteroatoms. The third kappa shape index (κ3) is 51.2. The molecule has 12 heavy (non-hydrogen) atoms. The van der Waals surface area contributed by atoms with Crippen molar-refractivity contribution in [3.63, 3.8) is 0 Å². The maximum absolute atomic E-state index is 8.05. The molecule has 0 fully saturated rings. The van der Waals surface area contributed by atoms with Gasteiger partial charge in [-0.15, -0.1) is 0 Å². The maximum Gasteiger partial charge on any atom is 0.671 e. The van der Waals surface area contributed by atoms with E-state index in [1.54, 1.807) is 13.8 Å². The average molecular weight is 205 g/mol. The molecule has 0 radical (unpaired) electrons. The fourth-order valence-electron chi connectivity index (χ4n) is 0.194. The van der Waals surface area contributed by atoms with Crippen molar-refractivity contribution in [2.75, 3.05) is 13.2 Å². The lowest BCUT2D eigenvalue weighted by atomic mass is 10.9. The molecule has 0 bridgehead atoms. The molecule has 0 aromatic carbocycles. The van der Waals surface area contributed by atoms with Crippen molar-refractivity contribution in [3.8, 4) is 0 Å². The molecule has 0 aromatic rings. The predicted molar refractivity (Wildman–Crippen MR) is 45.4 cm³/mol. The van der Waals surface area contributed by atoms with E-state index < -0.39 is 9.05 Å². The SMILES string of the molecule is CCO.CCO[Si](O)(O)O.N.O. The van der Waals surface area contributed by atoms with Crippen LogP contribution in [0.2, 0.25) is 0 Å². The molecule has 0 saturated heterocycles. The van der Waals surface area contributed by atoms with Crippen LogP contribution in [0.15, 0.2) is 0 Å². The number of rotatable bonds is 2. The summed E-state index contributed by atoms with van der Waals surface area (Å²) in [6.45, 7) is 3.61. The van der Waals surface area contributed by atoms with Gasteiger partial charge < -0.3 is 35.5 Å². The molecule has 0 atom stereocenters. The molecule has 0 unspecified atom stereocenters. The first-order valence-electron chi connectivity index (χ1n) is 2.89. The van der Waals surface area contributed by atoms with E-state index in [0.29, 0.717) is 0 Å². The summed E-state index contributed by atoms with van der Waals surface area (Å²) in [5.41, 5.74) is 0. The molecular weight excluding hydrogens is 186 g/mol. The second-order valence-corrected chi connectivity index (χ2v) is 2.76. The summed E-state index contributed by atoms with van der Waals surface area (Å²) in [5, 5.41) is 7.57. The highest BCUT2D eigenvalue weighted by atomic mass is 28.4. The van der Waals surface area contributed by atoms with Crippen LogP contribution < -0.4 is 6.15 Å². The van der Waals surface area contributed by atoms with Gasteiger partial charge in [0.05, 0.1) is 0 Å². The normalized spacial score (nSPS) is 8.50. The Morgan fingerprint density at radius 3 is 1.42 bits per heavy atom. The van der Waals surface area contributed by atoms with Gasteiger partial charge in [-0.05, 0) is 13.8 Å². The molecule has 80 valence electrons. The molecule has 0 aliphatic heterocycles. The van der Waals surface area contributed by atoms with E-state index in [0.717, 1.165) is 0 Å². The largest absolute Gasteiger partial charge is 0.671 e. The molecule has 0 aromatic heterocycles. The quantitative estimate of drug-likeness (QED) is 0.321. The summed E-state index contributed by atoms with van der Waals surface area (Å²) < 4.78 is 4.03. The predicted octanol–water partition coefficient (Wildman–Crippen LogP) is -2.23. The first kappa shape index (κ1) is 22.7. The van der Waals surface area contributed by atoms with Crippen molar-refractivity contribution < 1.29 is 29.4 Å². The van der Waals surface area contributed by atoms with Crippen LogP contribution in [0, 0.1) is 0 Å². The number of hydrogen-bond donors (Lipinski definition) is 5. The number of hydrogen-bond acceptors (Lipinski definition) is 6. The number of aliphatic hydroxyl groups excluding tert-OH is 1. The topological polar surface area (TPSA) is 157 Å². The molecule has 0 spiro atoms. The molecule has 7 nitrogen and oxygen atoms in total. The van der Waals surface area contributed by atoms with E-state index in [4.69, 9.17) is 19.5 Å². The van der Waals surface area contributed by atoms with Crippen molar-refractivity contribution >= 4 is 9.05 Å². The highest BCUT2D eigenvalue weighted by Crippen LogP contribution is 1.85. The van der Waals surface area contributed by atoms with Gasteiger partial charge in [0.2, 0.25) is 0 Å². The highest BCUT2D eigenvalue weighted by molar-refractivity contribution is 6.48. The van der Waals surface area contributed by atoms with Crippen molar-refractivity contribution in [1.82, 2.24) is 6.15 Å². The Kier molecular flexibility index (Phi) is 25.5. The van der Waals surface area contributed by atoms with E-state index in [9.17, 15) is 0 Å². The monoisotopic (exact) mass is 205 g/mol. The lowest BCUT2D eigenvalue weighted by molar-refractivity contribution is 0.0687. The molecule has 0 amide bonds. The first-order valence-corrected chi connectivity index (χ1v) is 4.64. The molecule has 0 aliphatic carbocycles. The lowest BCUT2D eigenvalue weighted by Crippen LogP contribution is -2.38. The smallest absolute Gasteiger partial charge is 0.412 e. The van der Waals surface area contributed by atoms with E-state index in [-0.39, 0.29) is 24.8 Å². The van der Waals surface area contributed by atoms with Crippen LogP contribution in [0.1, 0.15) is 13.8 Å². The second kappa shape index (κ2) is 13.5. The van der Waals surface area contributed by atoms with Gasteiger partial charge in [-0.1, -0.05) is 0 Å². The summed E-state index contributed by atoms with van der Waals surface area (Å²) in [7, 11) is -4.16. The third-order valence-electron chi connectivity index (χ3n) is 0.338. The van der Waals surface area contributed by atoms with Gasteiger partial charge >= 0.3 is 9.05 Å². The van der Waals surface area contributed by atoms with E-state index in [2.05, 4.69) is 4.43 Å². The third-order valence-corrected chi connectivity index (χ3v) is 1.01. The van der Waals surface area contributed by atoms with Crippen LogP contribution in [0.5, 0.6) is 0 Å². The standard InChI is InChI=1S/C2H8O4Si.C2H6O.H3N.H2O/c1-2-6-7(3,4)5;1-2-3;;/h3-5H,2H2,1H3;3H,2H2,1H3;1H3;1H2. The Bertz CT molecular complexity index is 67.1. The lowest BCUT2D eigenvalue weighted by Gasteiger charge is -2.05. The first-order chi connectivity index (χ1) is 4.47. The van der Waals surface area contributed by atoms with Crippen molar-refractivity contribution in [2.24, 2.45) is 0 Å². The van der Waals surface area contributed by atoms with Gasteiger partial charge in [0, 0.05) is 13.2 Å². The van der Waals surface area contributed by atoms with E-state index in [1.165, 1.54) is 0 Å². The zero-order valence-corrected chi connectivity index (χ0v) is 8.32. The van der Waals surface area contributed by atoms with E-state index in [1.807, 2.05) is 0 Å². The van der Waals surface area contributed by atoms with Crippen LogP contribution >= 0.6 is 0 Å². The van der Waals surface area contributed by atoms with Crippen LogP contribution in [0.25, 0.3) is 0 Å². The minimum Gasteiger partial charge on any atom is -0.412 e. The molecule has 0 aliphatic rings. The minimum atomic E-state index is -4.16. The van der Waals surface area contributed by atoms with Crippen molar-refractivity contribution in [1.29, 1.82) is 0 Å². The van der Waals surface area contributed by atoms with Gasteiger partial charge in [0.25, 0.3) is 0 Å². The fourth-order valence-corrected chi connectivity index (χ4v) is 0.581. The van der Waals surface area contributed by atoms with Gasteiger partial charge in [-0.2, -0.15) is 0 Å².